The van der Waals surface area contributed by atoms with Gasteiger partial charge in [0.2, 0.25) is 5.82 Å². The summed E-state index contributed by atoms with van der Waals surface area (Å²) in [7, 11) is 0. The van der Waals surface area contributed by atoms with Crippen LogP contribution in [0.5, 0.6) is 0 Å². The molecule has 1 saturated carbocycles. The highest BCUT2D eigenvalue weighted by Crippen LogP contribution is 2.41. The summed E-state index contributed by atoms with van der Waals surface area (Å²) < 4.78 is 33.3. The van der Waals surface area contributed by atoms with Crippen molar-refractivity contribution in [3.8, 4) is 11.4 Å². The van der Waals surface area contributed by atoms with Gasteiger partial charge in [0.05, 0.1) is 5.92 Å². The van der Waals surface area contributed by atoms with E-state index in [0.29, 0.717) is 36.9 Å². The molecule has 2 fully saturated rings. The number of allylic oxidation sites excluding steroid dienone is 1. The van der Waals surface area contributed by atoms with Gasteiger partial charge in [0.1, 0.15) is 11.6 Å². The molecule has 1 saturated heterocycles. The minimum atomic E-state index is -0.740. The lowest BCUT2D eigenvalue weighted by Crippen LogP contribution is -2.49. The second-order valence-electron chi connectivity index (χ2n) is 9.59. The Balaban J connectivity index is 1.29. The van der Waals surface area contributed by atoms with Gasteiger partial charge in [-0.25, -0.2) is 8.78 Å². The molecule has 2 aliphatic rings. The highest BCUT2D eigenvalue weighted by molar-refractivity contribution is 5.71. The second kappa shape index (κ2) is 9.70. The van der Waals surface area contributed by atoms with Crippen LogP contribution in [0.15, 0.2) is 53.1 Å². The third-order valence-corrected chi connectivity index (χ3v) is 7.09. The average Bonchev–Trinajstić information content (AvgIpc) is 3.29. The number of carbonyl (C=O) groups is 1. The quantitative estimate of drug-likeness (QED) is 0.486. The Labute approximate surface area is 202 Å². The number of carboxylic acids is 1. The largest absolute Gasteiger partial charge is 0.481 e. The summed E-state index contributed by atoms with van der Waals surface area (Å²) in [6.45, 7) is 1.84. The number of carboxylic acid groups (broad SMARTS) is 1. The summed E-state index contributed by atoms with van der Waals surface area (Å²) in [6, 6.07) is 11.5. The van der Waals surface area contributed by atoms with E-state index in [9.17, 15) is 13.6 Å². The highest BCUT2D eigenvalue weighted by atomic mass is 19.1. The first-order valence-electron chi connectivity index (χ1n) is 11.9. The first-order chi connectivity index (χ1) is 16.9. The smallest absolute Gasteiger partial charge is 0.309 e. The van der Waals surface area contributed by atoms with E-state index in [1.165, 1.54) is 12.1 Å². The van der Waals surface area contributed by atoms with Crippen molar-refractivity contribution >= 4 is 12.0 Å². The second-order valence-corrected chi connectivity index (χ2v) is 9.59. The first kappa shape index (κ1) is 23.4. The van der Waals surface area contributed by atoms with Crippen LogP contribution >= 0.6 is 0 Å². The Morgan fingerprint density at radius 3 is 2.43 bits per heavy atom. The van der Waals surface area contributed by atoms with E-state index in [2.05, 4.69) is 15.0 Å². The summed E-state index contributed by atoms with van der Waals surface area (Å²) in [5, 5.41) is 13.1. The van der Waals surface area contributed by atoms with Gasteiger partial charge in [-0.3, -0.25) is 9.69 Å². The monoisotopic (exact) mass is 479 g/mol. The maximum atomic E-state index is 13.9. The lowest BCUT2D eigenvalue weighted by Gasteiger charge is -2.36. The van der Waals surface area contributed by atoms with Gasteiger partial charge in [-0.1, -0.05) is 54.8 Å². The summed E-state index contributed by atoms with van der Waals surface area (Å²) in [5.41, 5.74) is 2.07. The van der Waals surface area contributed by atoms with Gasteiger partial charge in [-0.05, 0) is 36.1 Å². The summed E-state index contributed by atoms with van der Waals surface area (Å²) >= 11 is 0. The van der Waals surface area contributed by atoms with Crippen LogP contribution < -0.4 is 0 Å². The molecule has 2 heterocycles. The van der Waals surface area contributed by atoms with Crippen molar-refractivity contribution in [2.75, 3.05) is 13.1 Å². The first-order valence-corrected chi connectivity index (χ1v) is 11.9. The predicted molar refractivity (Wildman–Crippen MR) is 126 cm³/mol. The van der Waals surface area contributed by atoms with Crippen molar-refractivity contribution in [3.05, 3.63) is 77.2 Å². The molecular formula is C27H27F2N3O3. The van der Waals surface area contributed by atoms with Crippen LogP contribution in [-0.2, 0) is 16.8 Å². The molecule has 3 aromatic rings. The number of aliphatic carboxylic acids is 1. The predicted octanol–water partition coefficient (Wildman–Crippen LogP) is 5.45. The standard InChI is InChI=1S/C27H27F2N3O3/c28-22-12-21(13-23(29)14-22)27(9-2-1-3-10-27)11-8-24-30-25(31-35-24)19-6-4-18(5-7-19)15-32-16-20(17-32)26(33)34/h4-8,11-14,20H,1-3,9-10,15-17H2,(H,33,34)/b11-8+. The molecule has 1 aliphatic carbocycles. The normalized spacial score (nSPS) is 18.6. The third-order valence-electron chi connectivity index (χ3n) is 7.09. The summed E-state index contributed by atoms with van der Waals surface area (Å²) in [6.07, 6.45) is 8.39. The number of hydrogen-bond acceptors (Lipinski definition) is 5. The van der Waals surface area contributed by atoms with E-state index in [1.54, 1.807) is 6.08 Å². The molecule has 6 nitrogen and oxygen atoms in total. The van der Waals surface area contributed by atoms with Crippen LogP contribution in [0.2, 0.25) is 0 Å². The number of aromatic nitrogens is 2. The zero-order valence-corrected chi connectivity index (χ0v) is 19.3. The van der Waals surface area contributed by atoms with Crippen LogP contribution in [0, 0.1) is 17.6 Å². The van der Waals surface area contributed by atoms with Crippen molar-refractivity contribution in [2.45, 2.75) is 44.1 Å². The SMILES string of the molecule is O=C(O)C1CN(Cc2ccc(-c3noc(/C=C/C4(c5cc(F)cc(F)c5)CCCCC4)n3)cc2)C1. The van der Waals surface area contributed by atoms with Crippen molar-refractivity contribution in [1.29, 1.82) is 0 Å². The van der Waals surface area contributed by atoms with Gasteiger partial charge in [0, 0.05) is 42.8 Å². The lowest BCUT2D eigenvalue weighted by atomic mass is 9.69. The zero-order valence-electron chi connectivity index (χ0n) is 19.3. The average molecular weight is 480 g/mol. The fraction of sp³-hybridized carbons (Fsp3) is 0.370. The van der Waals surface area contributed by atoms with E-state index in [-0.39, 0.29) is 5.92 Å². The molecule has 8 heteroatoms. The summed E-state index contributed by atoms with van der Waals surface area (Å²) in [5.74, 6) is -1.36. The lowest BCUT2D eigenvalue weighted by molar-refractivity contribution is -0.147. The van der Waals surface area contributed by atoms with Gasteiger partial charge >= 0.3 is 5.97 Å². The van der Waals surface area contributed by atoms with Crippen LogP contribution in [0.4, 0.5) is 8.78 Å². The van der Waals surface area contributed by atoms with Gasteiger partial charge in [0.15, 0.2) is 0 Å². The molecule has 0 spiro atoms. The third kappa shape index (κ3) is 5.17. The Hall–Kier alpha value is -3.39. The van der Waals surface area contributed by atoms with E-state index in [1.807, 2.05) is 30.3 Å². The molecule has 1 N–H and O–H groups in total. The van der Waals surface area contributed by atoms with Gasteiger partial charge in [-0.15, -0.1) is 0 Å². The van der Waals surface area contributed by atoms with Gasteiger partial charge in [0.25, 0.3) is 5.89 Å². The number of benzene rings is 2. The molecule has 0 atom stereocenters. The molecule has 2 aromatic carbocycles. The zero-order chi connectivity index (χ0) is 24.4. The fourth-order valence-electron chi connectivity index (χ4n) is 5.10. The molecule has 0 radical (unpaired) electrons. The topological polar surface area (TPSA) is 79.5 Å². The van der Waals surface area contributed by atoms with Gasteiger partial charge < -0.3 is 9.63 Å². The van der Waals surface area contributed by atoms with Gasteiger partial charge in [-0.2, -0.15) is 4.98 Å². The Morgan fingerprint density at radius 2 is 1.77 bits per heavy atom. The number of hydrogen-bond donors (Lipinski definition) is 1. The van der Waals surface area contributed by atoms with Crippen LogP contribution in [0.3, 0.4) is 0 Å². The number of rotatable bonds is 7. The number of halogens is 2. The molecule has 0 unspecified atom stereocenters. The molecule has 5 rings (SSSR count). The van der Waals surface area contributed by atoms with Crippen molar-refractivity contribution < 1.29 is 23.2 Å². The van der Waals surface area contributed by atoms with E-state index in [0.717, 1.165) is 49.3 Å². The van der Waals surface area contributed by atoms with E-state index >= 15 is 0 Å². The van der Waals surface area contributed by atoms with Crippen LogP contribution in [0.25, 0.3) is 17.5 Å². The Morgan fingerprint density at radius 1 is 1.09 bits per heavy atom. The molecule has 182 valence electrons. The minimum absolute atomic E-state index is 0.271. The van der Waals surface area contributed by atoms with Crippen LogP contribution in [0.1, 0.15) is 49.1 Å². The van der Waals surface area contributed by atoms with Crippen molar-refractivity contribution in [3.63, 3.8) is 0 Å². The molecule has 0 bridgehead atoms. The number of likely N-dealkylation sites (tertiary alicyclic amines) is 1. The highest BCUT2D eigenvalue weighted by Gasteiger charge is 2.33. The maximum Gasteiger partial charge on any atom is 0.309 e. The maximum absolute atomic E-state index is 13.9. The summed E-state index contributed by atoms with van der Waals surface area (Å²) in [4.78, 5) is 17.5. The molecule has 35 heavy (non-hydrogen) atoms. The minimum Gasteiger partial charge on any atom is -0.481 e. The van der Waals surface area contributed by atoms with Crippen molar-refractivity contribution in [2.24, 2.45) is 5.92 Å². The van der Waals surface area contributed by atoms with Crippen molar-refractivity contribution in [1.82, 2.24) is 15.0 Å². The fourth-order valence-corrected chi connectivity index (χ4v) is 5.10. The van der Waals surface area contributed by atoms with Crippen LogP contribution in [-0.4, -0.2) is 39.2 Å². The molecule has 0 amide bonds. The molecule has 1 aliphatic heterocycles. The van der Waals surface area contributed by atoms with E-state index < -0.39 is 23.0 Å². The van der Waals surface area contributed by atoms with E-state index in [4.69, 9.17) is 9.63 Å². The molecule has 1 aromatic heterocycles. The molecular weight excluding hydrogens is 452 g/mol. The Bertz CT molecular complexity index is 1210. The number of nitrogens with zero attached hydrogens (tertiary/aromatic N) is 3. The Kier molecular flexibility index (Phi) is 6.47.